The number of hydrogen-bond donors (Lipinski definition) is 4. The molecule has 4 atom stereocenters. The average molecular weight is 859 g/mol. The molecule has 0 radical (unpaired) electrons. The van der Waals surface area contributed by atoms with Crippen molar-refractivity contribution in [1.29, 1.82) is 0 Å². The van der Waals surface area contributed by atoms with Gasteiger partial charge in [0, 0.05) is 18.7 Å². The number of ether oxygens (including phenoxy) is 2. The molecule has 2 saturated heterocycles. The minimum atomic E-state index is -0.775. The highest BCUT2D eigenvalue weighted by molar-refractivity contribution is 5.88. The summed E-state index contributed by atoms with van der Waals surface area (Å²) in [5.41, 5.74) is 6.67. The van der Waals surface area contributed by atoms with Crippen molar-refractivity contribution in [2.45, 2.75) is 116 Å². The number of alkyl carbamates (subject to hydrolysis) is 2. The van der Waals surface area contributed by atoms with Crippen LogP contribution in [-0.4, -0.2) is 93.1 Å². The molecule has 2 aromatic heterocycles. The summed E-state index contributed by atoms with van der Waals surface area (Å²) >= 11 is 0. The Hall–Kier alpha value is -6.17. The Balaban J connectivity index is 1.06. The molecule has 4 heterocycles. The fourth-order valence-corrected chi connectivity index (χ4v) is 10.3. The molecule has 8 rings (SSSR count). The summed E-state index contributed by atoms with van der Waals surface area (Å²) < 4.78 is 9.56. The number of amides is 4. The van der Waals surface area contributed by atoms with E-state index in [9.17, 15) is 24.0 Å². The van der Waals surface area contributed by atoms with Gasteiger partial charge in [-0.05, 0) is 115 Å². The number of nitrogens with one attached hydrogen (secondary N) is 4. The topological polar surface area (TPSA) is 192 Å². The van der Waals surface area contributed by atoms with Gasteiger partial charge in [-0.1, -0.05) is 58.6 Å². The van der Waals surface area contributed by atoms with E-state index in [4.69, 9.17) is 14.5 Å². The number of likely N-dealkylation sites (tertiary alicyclic amines) is 2. The second-order valence-electron chi connectivity index (χ2n) is 18.4. The molecule has 4 aliphatic rings. The summed E-state index contributed by atoms with van der Waals surface area (Å²) in [4.78, 5) is 84.9. The third kappa shape index (κ3) is 8.64. The number of imidazole rings is 1. The minimum Gasteiger partial charge on any atom is -0.453 e. The lowest BCUT2D eigenvalue weighted by Crippen LogP contribution is -2.51. The van der Waals surface area contributed by atoms with Crippen LogP contribution in [-0.2, 0) is 31.9 Å². The SMILES string of the molecule is COC(=O)N[C@H](C(=O)N1CCC[C@H]1c1ncc(C#Cc2ccc(-c3ccc4nc([C@@H]5CCCN5C(=O)[C@@H](NC(=O)OC)C(C)C)[nH]c(=O)c4c3)c3c2CC2(CCCC2)C3)[nH]1)C(C)C. The molecule has 63 heavy (non-hydrogen) atoms. The van der Waals surface area contributed by atoms with E-state index in [1.807, 2.05) is 45.9 Å². The third-order valence-electron chi connectivity index (χ3n) is 13.6. The lowest BCUT2D eigenvalue weighted by atomic mass is 9.83. The second kappa shape index (κ2) is 17.9. The molecule has 2 aliphatic carbocycles. The fraction of sp³-hybridized carbons (Fsp3) is 0.521. The molecule has 3 fully saturated rings. The van der Waals surface area contributed by atoms with E-state index in [0.717, 1.165) is 48.8 Å². The molecule has 4 aromatic rings. The minimum absolute atomic E-state index is 0.127. The number of benzene rings is 2. The van der Waals surface area contributed by atoms with Crippen LogP contribution in [0.4, 0.5) is 9.59 Å². The van der Waals surface area contributed by atoms with Gasteiger partial charge in [-0.2, -0.15) is 0 Å². The summed E-state index contributed by atoms with van der Waals surface area (Å²) in [6.07, 6.45) is 10.0. The van der Waals surface area contributed by atoms with Crippen LogP contribution in [0.3, 0.4) is 0 Å². The molecule has 0 unspecified atom stereocenters. The largest absolute Gasteiger partial charge is 0.453 e. The smallest absolute Gasteiger partial charge is 0.407 e. The predicted octanol–water partition coefficient (Wildman–Crippen LogP) is 6.46. The van der Waals surface area contributed by atoms with E-state index in [1.165, 1.54) is 51.0 Å². The first-order chi connectivity index (χ1) is 30.3. The highest BCUT2D eigenvalue weighted by atomic mass is 16.5. The number of aromatic nitrogens is 4. The maximum absolute atomic E-state index is 13.9. The molecule has 4 N–H and O–H groups in total. The summed E-state index contributed by atoms with van der Waals surface area (Å²) in [7, 11) is 2.55. The number of hydrogen-bond acceptors (Lipinski definition) is 9. The van der Waals surface area contributed by atoms with Gasteiger partial charge in [0.05, 0.1) is 43.4 Å². The molecule has 2 aromatic carbocycles. The van der Waals surface area contributed by atoms with Crippen molar-refractivity contribution < 1.29 is 28.7 Å². The van der Waals surface area contributed by atoms with Gasteiger partial charge in [0.1, 0.15) is 29.4 Å². The Bertz CT molecular complexity index is 2540. The van der Waals surface area contributed by atoms with Crippen LogP contribution in [0.2, 0.25) is 0 Å². The Morgan fingerprint density at radius 1 is 0.778 bits per heavy atom. The van der Waals surface area contributed by atoms with E-state index in [-0.39, 0.29) is 40.7 Å². The highest BCUT2D eigenvalue weighted by Crippen LogP contribution is 2.51. The van der Waals surface area contributed by atoms with E-state index in [1.54, 1.807) is 16.0 Å². The Morgan fingerprint density at radius 2 is 1.38 bits per heavy atom. The maximum Gasteiger partial charge on any atom is 0.407 e. The average Bonchev–Trinajstić information content (AvgIpc) is 4.14. The lowest BCUT2D eigenvalue weighted by Gasteiger charge is -2.30. The number of nitrogens with zero attached hydrogens (tertiary/aromatic N) is 4. The molecular formula is C48H58N8O7. The van der Waals surface area contributed by atoms with Gasteiger partial charge in [-0.25, -0.2) is 19.6 Å². The van der Waals surface area contributed by atoms with Gasteiger partial charge in [0.25, 0.3) is 5.56 Å². The van der Waals surface area contributed by atoms with Gasteiger partial charge in [-0.3, -0.25) is 14.4 Å². The monoisotopic (exact) mass is 858 g/mol. The summed E-state index contributed by atoms with van der Waals surface area (Å²) in [5, 5.41) is 5.85. The van der Waals surface area contributed by atoms with Crippen molar-refractivity contribution in [3.05, 3.63) is 80.9 Å². The molecule has 2 aliphatic heterocycles. The lowest BCUT2D eigenvalue weighted by molar-refractivity contribution is -0.136. The van der Waals surface area contributed by atoms with Crippen LogP contribution in [0.1, 0.15) is 125 Å². The number of carbonyl (C=O) groups is 4. The number of methoxy groups -OCH3 is 2. The molecule has 4 amide bonds. The number of fused-ring (bicyclic) bond motifs is 2. The molecule has 332 valence electrons. The van der Waals surface area contributed by atoms with Crippen LogP contribution in [0.25, 0.3) is 22.0 Å². The fourth-order valence-electron chi connectivity index (χ4n) is 10.3. The van der Waals surface area contributed by atoms with Crippen LogP contribution in [0, 0.1) is 29.1 Å². The normalized spacial score (nSPS) is 19.9. The van der Waals surface area contributed by atoms with Crippen LogP contribution < -0.4 is 16.2 Å². The summed E-state index contributed by atoms with van der Waals surface area (Å²) in [6.45, 7) is 8.59. The number of aromatic amines is 2. The Kier molecular flexibility index (Phi) is 12.4. The van der Waals surface area contributed by atoms with Crippen molar-refractivity contribution in [3.63, 3.8) is 0 Å². The molecule has 1 spiro atoms. The van der Waals surface area contributed by atoms with Crippen molar-refractivity contribution in [2.24, 2.45) is 17.3 Å². The van der Waals surface area contributed by atoms with Crippen molar-refractivity contribution >= 4 is 34.9 Å². The highest BCUT2D eigenvalue weighted by Gasteiger charge is 2.42. The molecule has 1 saturated carbocycles. The number of rotatable bonds is 9. The summed E-state index contributed by atoms with van der Waals surface area (Å²) in [6, 6.07) is 7.90. The van der Waals surface area contributed by atoms with Crippen molar-refractivity contribution in [1.82, 2.24) is 40.4 Å². The van der Waals surface area contributed by atoms with Gasteiger partial charge in [0.15, 0.2) is 0 Å². The Morgan fingerprint density at radius 3 is 1.98 bits per heavy atom. The van der Waals surface area contributed by atoms with Crippen molar-refractivity contribution in [2.75, 3.05) is 27.3 Å². The quantitative estimate of drug-likeness (QED) is 0.137. The molecule has 15 heteroatoms. The number of H-pyrrole nitrogens is 2. The molecular weight excluding hydrogens is 801 g/mol. The molecule has 15 nitrogen and oxygen atoms in total. The zero-order valence-corrected chi connectivity index (χ0v) is 37.1. The summed E-state index contributed by atoms with van der Waals surface area (Å²) in [5.74, 6) is 7.22. The third-order valence-corrected chi connectivity index (χ3v) is 13.6. The van der Waals surface area contributed by atoms with Gasteiger partial charge in [0.2, 0.25) is 11.8 Å². The van der Waals surface area contributed by atoms with Gasteiger partial charge in [-0.15, -0.1) is 0 Å². The predicted molar refractivity (Wildman–Crippen MR) is 236 cm³/mol. The molecule has 0 bridgehead atoms. The van der Waals surface area contributed by atoms with E-state index < -0.39 is 30.3 Å². The van der Waals surface area contributed by atoms with Crippen LogP contribution in [0.15, 0.2) is 41.3 Å². The van der Waals surface area contributed by atoms with E-state index >= 15 is 0 Å². The number of carbonyl (C=O) groups excluding carboxylic acids is 4. The van der Waals surface area contributed by atoms with Gasteiger partial charge >= 0.3 is 12.2 Å². The van der Waals surface area contributed by atoms with Crippen molar-refractivity contribution in [3.8, 4) is 23.0 Å². The van der Waals surface area contributed by atoms with Crippen LogP contribution in [0.5, 0.6) is 0 Å². The Labute approximate surface area is 367 Å². The van der Waals surface area contributed by atoms with Crippen LogP contribution >= 0.6 is 0 Å². The first-order valence-electron chi connectivity index (χ1n) is 22.4. The first kappa shape index (κ1) is 43.5. The first-order valence-corrected chi connectivity index (χ1v) is 22.4. The van der Waals surface area contributed by atoms with Gasteiger partial charge < -0.3 is 39.9 Å². The maximum atomic E-state index is 13.9. The zero-order chi connectivity index (χ0) is 44.6. The van der Waals surface area contributed by atoms with E-state index in [0.29, 0.717) is 47.8 Å². The second-order valence-corrected chi connectivity index (χ2v) is 18.4. The standard InChI is InChI=1S/C48H58N8O7/c1-27(2)39(52-46(60)62-5)44(58)55-21-9-11-37(55)41-49-26-31(50-41)16-13-29-14-17-32(35-25-48(24-34(29)35)19-7-8-20-48)30-15-18-36-33(23-30)43(57)54-42(51-36)38-12-10-22-56(38)45(59)40(28(3)4)53-47(61)63-6/h14-15,17-18,23,26-28,37-40H,7-12,19-22,24-25H2,1-6H3,(H,49,50)(H,52,60)(H,53,61)(H,51,54,57)/t37-,38-,39-,40-/m0/s1. The zero-order valence-electron chi connectivity index (χ0n) is 37.1. The van der Waals surface area contributed by atoms with E-state index in [2.05, 4.69) is 49.6 Å².